The van der Waals surface area contributed by atoms with Gasteiger partial charge in [0.2, 0.25) is 0 Å². The zero-order valence-corrected chi connectivity index (χ0v) is 18.0. The van der Waals surface area contributed by atoms with E-state index in [4.69, 9.17) is 0 Å². The molecule has 0 saturated carbocycles. The van der Waals surface area contributed by atoms with Gasteiger partial charge >= 0.3 is 6.36 Å². The summed E-state index contributed by atoms with van der Waals surface area (Å²) in [6.07, 6.45) is 0.120. The lowest BCUT2D eigenvalue weighted by Gasteiger charge is -2.10. The van der Waals surface area contributed by atoms with Gasteiger partial charge in [-0.2, -0.15) is 5.10 Å². The van der Waals surface area contributed by atoms with Crippen LogP contribution in [0.25, 0.3) is 16.9 Å². The van der Waals surface area contributed by atoms with E-state index >= 15 is 0 Å². The molecular formula is C22H19F3N6O2. The topological polar surface area (TPSA) is 87.7 Å². The summed E-state index contributed by atoms with van der Waals surface area (Å²) in [6, 6.07) is 6.74. The van der Waals surface area contributed by atoms with Gasteiger partial charge in [0.1, 0.15) is 11.4 Å². The van der Waals surface area contributed by atoms with Crippen LogP contribution in [0.2, 0.25) is 0 Å². The van der Waals surface area contributed by atoms with Crippen molar-refractivity contribution >= 4 is 5.78 Å². The highest BCUT2D eigenvalue weighted by Gasteiger charge is 2.31. The second-order valence-corrected chi connectivity index (χ2v) is 7.44. The van der Waals surface area contributed by atoms with Gasteiger partial charge in [-0.05, 0) is 37.6 Å². The van der Waals surface area contributed by atoms with Crippen molar-refractivity contribution in [1.82, 2.24) is 29.8 Å². The molecule has 0 fully saturated rings. The van der Waals surface area contributed by atoms with Gasteiger partial charge < -0.3 is 4.74 Å². The van der Waals surface area contributed by atoms with E-state index in [2.05, 4.69) is 25.1 Å². The Morgan fingerprint density at radius 2 is 1.94 bits per heavy atom. The Labute approximate surface area is 186 Å². The van der Waals surface area contributed by atoms with Gasteiger partial charge in [0, 0.05) is 36.5 Å². The minimum Gasteiger partial charge on any atom is -0.406 e. The molecule has 0 bridgehead atoms. The highest BCUT2D eigenvalue weighted by molar-refractivity contribution is 5.97. The molecule has 4 rings (SSSR count). The molecule has 11 heteroatoms. The lowest BCUT2D eigenvalue weighted by molar-refractivity contribution is -0.274. The van der Waals surface area contributed by atoms with Crippen molar-refractivity contribution < 1.29 is 22.7 Å². The van der Waals surface area contributed by atoms with Crippen molar-refractivity contribution in [2.24, 2.45) is 7.05 Å². The first kappa shape index (κ1) is 22.2. The summed E-state index contributed by atoms with van der Waals surface area (Å²) in [5.41, 5.74) is 4.42. The first-order valence-electron chi connectivity index (χ1n) is 9.87. The molecule has 0 amide bonds. The van der Waals surface area contributed by atoms with Gasteiger partial charge in [-0.15, -0.1) is 18.3 Å². The number of aryl methyl sites for hydroxylation is 2. The first-order valence-corrected chi connectivity index (χ1v) is 9.87. The van der Waals surface area contributed by atoms with Gasteiger partial charge in [0.05, 0.1) is 23.8 Å². The lowest BCUT2D eigenvalue weighted by atomic mass is 10.0. The highest BCUT2D eigenvalue weighted by atomic mass is 19.4. The molecule has 0 aliphatic rings. The largest absolute Gasteiger partial charge is 0.573 e. The third-order valence-electron chi connectivity index (χ3n) is 5.12. The van der Waals surface area contributed by atoms with Crippen molar-refractivity contribution in [1.29, 1.82) is 0 Å². The van der Waals surface area contributed by atoms with Gasteiger partial charge in [-0.3, -0.25) is 14.5 Å². The Morgan fingerprint density at radius 3 is 2.64 bits per heavy atom. The monoisotopic (exact) mass is 456 g/mol. The van der Waals surface area contributed by atoms with E-state index in [-0.39, 0.29) is 17.8 Å². The minimum absolute atomic E-state index is 0.0565. The molecule has 170 valence electrons. The number of carbonyl (C=O) groups excluding carboxylic acids is 1. The van der Waals surface area contributed by atoms with Gasteiger partial charge in [-0.1, -0.05) is 17.3 Å². The number of Topliss-reactive ketones (excluding diaryl/α,β-unsaturated/α-hetero) is 1. The zero-order chi connectivity index (χ0) is 23.8. The third-order valence-corrected chi connectivity index (χ3v) is 5.12. The summed E-state index contributed by atoms with van der Waals surface area (Å²) in [5.74, 6) is -0.818. The van der Waals surface area contributed by atoms with E-state index in [0.717, 1.165) is 23.4 Å². The van der Waals surface area contributed by atoms with Crippen LogP contribution in [0.15, 0.2) is 48.9 Å². The number of aromatic nitrogens is 6. The second-order valence-electron chi connectivity index (χ2n) is 7.44. The number of hydrogen-bond donors (Lipinski definition) is 0. The Morgan fingerprint density at radius 1 is 1.15 bits per heavy atom. The van der Waals surface area contributed by atoms with E-state index in [1.807, 2.05) is 14.0 Å². The van der Waals surface area contributed by atoms with E-state index in [1.165, 1.54) is 12.1 Å². The molecule has 33 heavy (non-hydrogen) atoms. The average Bonchev–Trinajstić information content (AvgIpc) is 3.35. The molecule has 3 heterocycles. The quantitative estimate of drug-likeness (QED) is 0.408. The van der Waals surface area contributed by atoms with Crippen LogP contribution >= 0.6 is 0 Å². The smallest absolute Gasteiger partial charge is 0.406 e. The number of ketones is 1. The van der Waals surface area contributed by atoms with Crippen LogP contribution in [0.3, 0.4) is 0 Å². The molecule has 0 spiro atoms. The minimum atomic E-state index is -4.83. The number of hydrogen-bond acceptors (Lipinski definition) is 6. The van der Waals surface area contributed by atoms with Crippen molar-refractivity contribution in [2.75, 3.05) is 0 Å². The SMILES string of the molecule is Cc1ncc(CC(=O)c2cccc(OC(F)(F)F)c2)cc1-n1cc(-c2cnn(C)c2C)nn1. The molecule has 0 N–H and O–H groups in total. The average molecular weight is 456 g/mol. The fourth-order valence-electron chi connectivity index (χ4n) is 3.30. The van der Waals surface area contributed by atoms with Gasteiger partial charge in [0.15, 0.2) is 5.78 Å². The molecule has 0 radical (unpaired) electrons. The van der Waals surface area contributed by atoms with Crippen LogP contribution in [-0.2, 0) is 13.5 Å². The number of nitrogens with zero attached hydrogens (tertiary/aromatic N) is 6. The number of halogens is 3. The van der Waals surface area contributed by atoms with E-state index < -0.39 is 12.1 Å². The number of pyridine rings is 1. The number of benzene rings is 1. The summed E-state index contributed by atoms with van der Waals surface area (Å²) in [7, 11) is 1.84. The lowest BCUT2D eigenvalue weighted by Crippen LogP contribution is -2.17. The Kier molecular flexibility index (Phi) is 5.71. The van der Waals surface area contributed by atoms with Crippen LogP contribution in [0.4, 0.5) is 13.2 Å². The maximum Gasteiger partial charge on any atom is 0.573 e. The number of ether oxygens (including phenoxy) is 1. The molecular weight excluding hydrogens is 437 g/mol. The molecule has 0 atom stereocenters. The first-order chi connectivity index (χ1) is 15.6. The summed E-state index contributed by atoms with van der Waals surface area (Å²) in [4.78, 5) is 17.0. The normalized spacial score (nSPS) is 11.6. The fourth-order valence-corrected chi connectivity index (χ4v) is 3.30. The van der Waals surface area contributed by atoms with Crippen molar-refractivity contribution in [3.05, 3.63) is 71.4 Å². The summed E-state index contributed by atoms with van der Waals surface area (Å²) >= 11 is 0. The van der Waals surface area contributed by atoms with E-state index in [0.29, 0.717) is 22.6 Å². The van der Waals surface area contributed by atoms with E-state index in [9.17, 15) is 18.0 Å². The molecule has 3 aromatic heterocycles. The molecule has 0 aliphatic heterocycles. The molecule has 4 aromatic rings. The second kappa shape index (κ2) is 8.49. The van der Waals surface area contributed by atoms with Crippen LogP contribution in [0.5, 0.6) is 5.75 Å². The number of carbonyl (C=O) groups is 1. The van der Waals surface area contributed by atoms with Crippen LogP contribution in [-0.4, -0.2) is 41.9 Å². The number of alkyl halides is 3. The molecule has 0 saturated heterocycles. The van der Waals surface area contributed by atoms with E-state index in [1.54, 1.807) is 40.9 Å². The maximum atomic E-state index is 12.7. The van der Waals surface area contributed by atoms with Crippen LogP contribution < -0.4 is 4.74 Å². The van der Waals surface area contributed by atoms with Gasteiger partial charge in [-0.25, -0.2) is 4.68 Å². The fraction of sp³-hybridized carbons (Fsp3) is 0.227. The summed E-state index contributed by atoms with van der Waals surface area (Å²) in [5, 5.41) is 12.6. The highest BCUT2D eigenvalue weighted by Crippen LogP contribution is 2.25. The molecule has 0 unspecified atom stereocenters. The number of rotatable bonds is 6. The van der Waals surface area contributed by atoms with Crippen LogP contribution in [0, 0.1) is 13.8 Å². The Bertz CT molecular complexity index is 1330. The predicted molar refractivity (Wildman–Crippen MR) is 112 cm³/mol. The Balaban J connectivity index is 1.57. The summed E-state index contributed by atoms with van der Waals surface area (Å²) < 4.78 is 44.6. The van der Waals surface area contributed by atoms with Gasteiger partial charge in [0.25, 0.3) is 0 Å². The standard InChI is InChI=1S/C22H19F3N6O2/c1-13-20(31-12-19(28-29-31)18-11-27-30(3)14(18)2)7-15(10-26-13)8-21(32)16-5-4-6-17(9-16)33-22(23,24)25/h4-7,9-12H,8H2,1-3H3. The predicted octanol–water partition coefficient (Wildman–Crippen LogP) is 4.00. The Hall–Kier alpha value is -4.02. The maximum absolute atomic E-state index is 12.7. The third kappa shape index (κ3) is 4.92. The zero-order valence-electron chi connectivity index (χ0n) is 18.0. The summed E-state index contributed by atoms with van der Waals surface area (Å²) in [6.45, 7) is 3.73. The molecule has 8 nitrogen and oxygen atoms in total. The van der Waals surface area contributed by atoms with Crippen molar-refractivity contribution in [2.45, 2.75) is 26.6 Å². The molecule has 0 aliphatic carbocycles. The van der Waals surface area contributed by atoms with Crippen LogP contribution in [0.1, 0.15) is 27.3 Å². The van der Waals surface area contributed by atoms with Crippen molar-refractivity contribution in [3.8, 4) is 22.7 Å². The molecule has 1 aromatic carbocycles. The van der Waals surface area contributed by atoms with Crippen molar-refractivity contribution in [3.63, 3.8) is 0 Å².